The van der Waals surface area contributed by atoms with Crippen molar-refractivity contribution < 1.29 is 9.59 Å². The summed E-state index contributed by atoms with van der Waals surface area (Å²) in [5.74, 6) is -0.664. The number of nitrogens with two attached hydrogens (primary N) is 1. The second kappa shape index (κ2) is 8.05. The van der Waals surface area contributed by atoms with Gasteiger partial charge in [0.25, 0.3) is 5.56 Å². The Morgan fingerprint density at radius 1 is 1.15 bits per heavy atom. The van der Waals surface area contributed by atoms with E-state index in [4.69, 9.17) is 5.73 Å². The van der Waals surface area contributed by atoms with E-state index in [0.29, 0.717) is 33.9 Å². The van der Waals surface area contributed by atoms with Crippen LogP contribution in [0.25, 0.3) is 10.9 Å². The summed E-state index contributed by atoms with van der Waals surface area (Å²) in [4.78, 5) is 40.4. The first kappa shape index (κ1) is 18.7. The van der Waals surface area contributed by atoms with Crippen molar-refractivity contribution in [1.29, 1.82) is 0 Å². The molecular weight excluding hydrogens is 364 g/mol. The quantitative estimate of drug-likeness (QED) is 0.502. The van der Waals surface area contributed by atoms with Crippen LogP contribution in [-0.4, -0.2) is 27.1 Å². The van der Waals surface area contributed by atoms with Crippen LogP contribution in [0.1, 0.15) is 17.3 Å². The number of hydrogen-bond donors (Lipinski definition) is 2. The minimum Gasteiger partial charge on any atom is -0.366 e. The minimum atomic E-state index is -0.525. The fourth-order valence-electron chi connectivity index (χ4n) is 2.58. The zero-order chi connectivity index (χ0) is 19.4. The first-order valence-electron chi connectivity index (χ1n) is 8.31. The van der Waals surface area contributed by atoms with Gasteiger partial charge in [-0.25, -0.2) is 4.98 Å². The summed E-state index contributed by atoms with van der Waals surface area (Å²) in [6.07, 6.45) is 0. The Kier molecular flexibility index (Phi) is 5.56. The molecule has 3 aromatic rings. The van der Waals surface area contributed by atoms with Crippen molar-refractivity contribution in [1.82, 2.24) is 9.55 Å². The van der Waals surface area contributed by atoms with Crippen LogP contribution < -0.4 is 16.6 Å². The van der Waals surface area contributed by atoms with E-state index in [9.17, 15) is 14.4 Å². The Morgan fingerprint density at radius 3 is 2.52 bits per heavy atom. The Morgan fingerprint density at radius 2 is 1.85 bits per heavy atom. The van der Waals surface area contributed by atoms with Crippen molar-refractivity contribution >= 4 is 40.2 Å². The van der Waals surface area contributed by atoms with Crippen LogP contribution in [0.2, 0.25) is 0 Å². The van der Waals surface area contributed by atoms with Gasteiger partial charge in [-0.05, 0) is 43.3 Å². The maximum absolute atomic E-state index is 12.6. The molecule has 2 aromatic carbocycles. The van der Waals surface area contributed by atoms with E-state index in [1.807, 2.05) is 13.0 Å². The molecule has 1 aromatic heterocycles. The van der Waals surface area contributed by atoms with Gasteiger partial charge in [0.2, 0.25) is 11.8 Å². The minimum absolute atomic E-state index is 0.0996. The molecule has 3 N–H and O–H groups in total. The highest BCUT2D eigenvalue weighted by Gasteiger charge is 2.12. The van der Waals surface area contributed by atoms with Gasteiger partial charge in [-0.3, -0.25) is 19.0 Å². The molecule has 2 amide bonds. The molecule has 0 aliphatic rings. The van der Waals surface area contributed by atoms with E-state index < -0.39 is 5.91 Å². The fourth-order valence-corrected chi connectivity index (χ4v) is 3.44. The third-order valence-corrected chi connectivity index (χ3v) is 4.90. The number of rotatable bonds is 6. The number of nitrogens with one attached hydrogen (secondary N) is 1. The van der Waals surface area contributed by atoms with Crippen molar-refractivity contribution in [3.05, 3.63) is 64.4 Å². The van der Waals surface area contributed by atoms with Gasteiger partial charge < -0.3 is 11.1 Å². The lowest BCUT2D eigenvalue weighted by atomic mass is 10.2. The lowest BCUT2D eigenvalue weighted by Crippen LogP contribution is -2.23. The number of primary amides is 1. The van der Waals surface area contributed by atoms with Crippen LogP contribution in [0, 0.1) is 0 Å². The smallest absolute Gasteiger partial charge is 0.262 e. The number of carbonyl (C=O) groups excluding carboxylic acids is 2. The van der Waals surface area contributed by atoms with Crippen LogP contribution in [-0.2, 0) is 11.3 Å². The summed E-state index contributed by atoms with van der Waals surface area (Å²) < 4.78 is 1.56. The topological polar surface area (TPSA) is 107 Å². The van der Waals surface area contributed by atoms with Gasteiger partial charge in [0, 0.05) is 17.8 Å². The number of amides is 2. The molecule has 138 valence electrons. The number of anilines is 1. The van der Waals surface area contributed by atoms with Crippen LogP contribution in [0.3, 0.4) is 0 Å². The third-order valence-electron chi connectivity index (χ3n) is 3.93. The van der Waals surface area contributed by atoms with Crippen molar-refractivity contribution in [2.75, 3.05) is 11.1 Å². The molecule has 1 heterocycles. The van der Waals surface area contributed by atoms with Gasteiger partial charge >= 0.3 is 0 Å². The SMILES string of the molecule is CCn1c(SCC(=O)Nc2ccc(C(N)=O)cc2)nc2ccccc2c1=O. The molecule has 3 rings (SSSR count). The predicted molar refractivity (Wildman–Crippen MR) is 106 cm³/mol. The van der Waals surface area contributed by atoms with Crippen molar-refractivity contribution in [2.45, 2.75) is 18.6 Å². The van der Waals surface area contributed by atoms with Crippen LogP contribution in [0.4, 0.5) is 5.69 Å². The Hall–Kier alpha value is -3.13. The number of carbonyl (C=O) groups is 2. The van der Waals surface area contributed by atoms with Gasteiger partial charge in [-0.2, -0.15) is 0 Å². The molecule has 7 nitrogen and oxygen atoms in total. The molecule has 0 bridgehead atoms. The first-order chi connectivity index (χ1) is 13.0. The number of fused-ring (bicyclic) bond motifs is 1. The van der Waals surface area contributed by atoms with Crippen LogP contribution in [0.5, 0.6) is 0 Å². The molecule has 27 heavy (non-hydrogen) atoms. The molecule has 8 heteroatoms. The highest BCUT2D eigenvalue weighted by Crippen LogP contribution is 2.18. The molecule has 0 radical (unpaired) electrons. The normalized spacial score (nSPS) is 10.7. The number of hydrogen-bond acceptors (Lipinski definition) is 5. The summed E-state index contributed by atoms with van der Waals surface area (Å²) in [6, 6.07) is 13.5. The van der Waals surface area contributed by atoms with Crippen LogP contribution in [0.15, 0.2) is 58.5 Å². The molecule has 0 saturated heterocycles. The van der Waals surface area contributed by atoms with E-state index in [2.05, 4.69) is 10.3 Å². The van der Waals surface area contributed by atoms with E-state index >= 15 is 0 Å². The second-order valence-corrected chi connectivity index (χ2v) is 6.68. The fraction of sp³-hybridized carbons (Fsp3) is 0.158. The van der Waals surface area contributed by atoms with Crippen molar-refractivity contribution in [3.8, 4) is 0 Å². The third kappa shape index (κ3) is 4.17. The van der Waals surface area contributed by atoms with E-state index in [-0.39, 0.29) is 17.2 Å². The molecule has 0 aliphatic carbocycles. The standard InChI is InChI=1S/C19H18N4O3S/c1-2-23-18(26)14-5-3-4-6-15(14)22-19(23)27-11-16(24)21-13-9-7-12(8-10-13)17(20)25/h3-10H,2,11H2,1H3,(H2,20,25)(H,21,24). The molecular formula is C19H18N4O3S. The highest BCUT2D eigenvalue weighted by atomic mass is 32.2. The largest absolute Gasteiger partial charge is 0.366 e. The second-order valence-electron chi connectivity index (χ2n) is 5.74. The maximum Gasteiger partial charge on any atom is 0.262 e. The molecule has 0 saturated carbocycles. The maximum atomic E-state index is 12.6. The summed E-state index contributed by atoms with van der Waals surface area (Å²) in [5, 5.41) is 3.80. The summed E-state index contributed by atoms with van der Waals surface area (Å²) in [5.41, 5.74) is 6.61. The number of thioether (sulfide) groups is 1. The zero-order valence-corrected chi connectivity index (χ0v) is 15.5. The Labute approximate surface area is 159 Å². The van der Waals surface area contributed by atoms with Gasteiger partial charge in [-0.15, -0.1) is 0 Å². The highest BCUT2D eigenvalue weighted by molar-refractivity contribution is 7.99. The number of nitrogens with zero attached hydrogens (tertiary/aromatic N) is 2. The molecule has 0 aliphatic heterocycles. The van der Waals surface area contributed by atoms with Gasteiger partial charge in [0.15, 0.2) is 5.16 Å². The van der Waals surface area contributed by atoms with Gasteiger partial charge in [0.1, 0.15) is 0 Å². The van der Waals surface area contributed by atoms with E-state index in [1.165, 1.54) is 11.8 Å². The van der Waals surface area contributed by atoms with Crippen LogP contribution >= 0.6 is 11.8 Å². The Balaban J connectivity index is 1.73. The molecule has 0 unspecified atom stereocenters. The first-order valence-corrected chi connectivity index (χ1v) is 9.30. The monoisotopic (exact) mass is 382 g/mol. The van der Waals surface area contributed by atoms with E-state index in [1.54, 1.807) is 47.0 Å². The van der Waals surface area contributed by atoms with Crippen molar-refractivity contribution in [2.24, 2.45) is 5.73 Å². The number of para-hydroxylation sites is 1. The summed E-state index contributed by atoms with van der Waals surface area (Å²) >= 11 is 1.20. The average Bonchev–Trinajstić information content (AvgIpc) is 2.67. The summed E-state index contributed by atoms with van der Waals surface area (Å²) in [7, 11) is 0. The lowest BCUT2D eigenvalue weighted by Gasteiger charge is -2.11. The average molecular weight is 382 g/mol. The zero-order valence-electron chi connectivity index (χ0n) is 14.6. The molecule has 0 spiro atoms. The summed E-state index contributed by atoms with van der Waals surface area (Å²) in [6.45, 7) is 2.33. The molecule has 0 fully saturated rings. The van der Waals surface area contributed by atoms with Gasteiger partial charge in [-0.1, -0.05) is 23.9 Å². The van der Waals surface area contributed by atoms with Crippen molar-refractivity contribution in [3.63, 3.8) is 0 Å². The predicted octanol–water partition coefficient (Wildman–Crippen LogP) is 2.25. The lowest BCUT2D eigenvalue weighted by molar-refractivity contribution is -0.113. The van der Waals surface area contributed by atoms with Gasteiger partial charge in [0.05, 0.1) is 16.7 Å². The van der Waals surface area contributed by atoms with E-state index in [0.717, 1.165) is 0 Å². The number of benzene rings is 2. The molecule has 0 atom stereocenters. The number of aromatic nitrogens is 2. The Bertz CT molecular complexity index is 1060.